The second-order valence-corrected chi connectivity index (χ2v) is 4.43. The molecule has 1 aromatic rings. The molecule has 0 unspecified atom stereocenters. The van der Waals surface area contributed by atoms with Crippen LogP contribution in [0.3, 0.4) is 0 Å². The van der Waals surface area contributed by atoms with Crippen molar-refractivity contribution in [2.45, 2.75) is 32.7 Å². The third kappa shape index (κ3) is 2.58. The zero-order valence-corrected chi connectivity index (χ0v) is 9.95. The van der Waals surface area contributed by atoms with Crippen molar-refractivity contribution in [3.63, 3.8) is 0 Å². The van der Waals surface area contributed by atoms with Crippen LogP contribution in [0.5, 0.6) is 0 Å². The second kappa shape index (κ2) is 4.47. The third-order valence-corrected chi connectivity index (χ3v) is 3.19. The monoisotopic (exact) mass is 205 g/mol. The van der Waals surface area contributed by atoms with Crippen LogP contribution in [0.25, 0.3) is 0 Å². The minimum atomic E-state index is 0.142. The van der Waals surface area contributed by atoms with Gasteiger partial charge in [0.15, 0.2) is 0 Å². The van der Waals surface area contributed by atoms with Crippen molar-refractivity contribution in [1.82, 2.24) is 0 Å². The Morgan fingerprint density at radius 3 is 2.20 bits per heavy atom. The van der Waals surface area contributed by atoms with Gasteiger partial charge in [-0.2, -0.15) is 0 Å². The van der Waals surface area contributed by atoms with Crippen molar-refractivity contribution >= 4 is 12.0 Å². The van der Waals surface area contributed by atoms with E-state index in [0.29, 0.717) is 0 Å². The van der Waals surface area contributed by atoms with E-state index < -0.39 is 0 Å². The normalized spacial score (nSPS) is 11.2. The van der Waals surface area contributed by atoms with E-state index in [2.05, 4.69) is 32.7 Å². The van der Waals surface area contributed by atoms with Crippen molar-refractivity contribution in [3.05, 3.63) is 29.8 Å². The zero-order chi connectivity index (χ0) is 11.5. The van der Waals surface area contributed by atoms with Gasteiger partial charge in [-0.25, -0.2) is 0 Å². The lowest BCUT2D eigenvalue weighted by atomic mass is 9.99. The molecule has 82 valence electrons. The summed E-state index contributed by atoms with van der Waals surface area (Å²) < 4.78 is 0. The van der Waals surface area contributed by atoms with E-state index in [9.17, 15) is 4.79 Å². The number of anilines is 1. The summed E-state index contributed by atoms with van der Waals surface area (Å²) in [5.74, 6) is 0. The summed E-state index contributed by atoms with van der Waals surface area (Å²) in [5.41, 5.74) is 2.01. The first-order valence-corrected chi connectivity index (χ1v) is 5.30. The highest BCUT2D eigenvalue weighted by atomic mass is 16.1. The van der Waals surface area contributed by atoms with E-state index in [-0.39, 0.29) is 5.54 Å². The molecule has 0 aliphatic heterocycles. The lowest BCUT2D eigenvalue weighted by Gasteiger charge is -2.36. The Morgan fingerprint density at radius 1 is 1.27 bits per heavy atom. The van der Waals surface area contributed by atoms with Crippen LogP contribution in [0, 0.1) is 0 Å². The summed E-state index contributed by atoms with van der Waals surface area (Å²) in [5, 5.41) is 0. The summed E-state index contributed by atoms with van der Waals surface area (Å²) in [6.07, 6.45) is 1.95. The molecule has 1 rings (SSSR count). The molecule has 1 aromatic carbocycles. The average Bonchev–Trinajstić information content (AvgIpc) is 2.28. The van der Waals surface area contributed by atoms with Crippen LogP contribution in [0.1, 0.15) is 37.6 Å². The summed E-state index contributed by atoms with van der Waals surface area (Å²) >= 11 is 0. The largest absolute Gasteiger partial charge is 0.369 e. The smallest absolute Gasteiger partial charge is 0.150 e. The van der Waals surface area contributed by atoms with Gasteiger partial charge in [0.2, 0.25) is 0 Å². The summed E-state index contributed by atoms with van der Waals surface area (Å²) in [6.45, 7) is 6.59. The molecule has 0 saturated carbocycles. The van der Waals surface area contributed by atoms with Crippen molar-refractivity contribution in [2.24, 2.45) is 0 Å². The maximum absolute atomic E-state index is 10.5. The zero-order valence-electron chi connectivity index (χ0n) is 9.95. The molecule has 2 nitrogen and oxygen atoms in total. The molecule has 0 aliphatic rings. The number of rotatable bonds is 4. The van der Waals surface area contributed by atoms with Crippen LogP contribution in [-0.4, -0.2) is 18.9 Å². The molecule has 2 heteroatoms. The van der Waals surface area contributed by atoms with Gasteiger partial charge >= 0.3 is 0 Å². The fraction of sp³-hybridized carbons (Fsp3) is 0.462. The summed E-state index contributed by atoms with van der Waals surface area (Å²) in [4.78, 5) is 12.8. The topological polar surface area (TPSA) is 20.3 Å². The highest BCUT2D eigenvalue weighted by Gasteiger charge is 2.20. The van der Waals surface area contributed by atoms with Gasteiger partial charge in [0.05, 0.1) is 0 Å². The Kier molecular flexibility index (Phi) is 3.51. The molecule has 0 saturated heterocycles. The van der Waals surface area contributed by atoms with Gasteiger partial charge < -0.3 is 4.90 Å². The number of carbonyl (C=O) groups is 1. The van der Waals surface area contributed by atoms with Gasteiger partial charge in [-0.1, -0.05) is 6.92 Å². The van der Waals surface area contributed by atoms with E-state index in [0.717, 1.165) is 24.0 Å². The van der Waals surface area contributed by atoms with E-state index in [1.807, 2.05) is 24.3 Å². The molecular formula is C13H19NO. The number of hydrogen-bond donors (Lipinski definition) is 0. The molecule has 0 aliphatic carbocycles. The standard InChI is InChI=1S/C13H19NO/c1-5-13(2,3)14(4)12-8-6-11(10-15)7-9-12/h6-10H,5H2,1-4H3. The van der Waals surface area contributed by atoms with Crippen LogP contribution in [0.2, 0.25) is 0 Å². The highest BCUT2D eigenvalue weighted by Crippen LogP contribution is 2.24. The lowest BCUT2D eigenvalue weighted by molar-refractivity contribution is 0.112. The Hall–Kier alpha value is -1.31. The van der Waals surface area contributed by atoms with E-state index in [4.69, 9.17) is 0 Å². The Bertz CT molecular complexity index is 327. The van der Waals surface area contributed by atoms with Gasteiger partial charge in [-0.3, -0.25) is 4.79 Å². The van der Waals surface area contributed by atoms with Crippen molar-refractivity contribution in [3.8, 4) is 0 Å². The Morgan fingerprint density at radius 2 is 1.80 bits per heavy atom. The van der Waals surface area contributed by atoms with Gasteiger partial charge in [0, 0.05) is 23.8 Å². The molecule has 0 amide bonds. The van der Waals surface area contributed by atoms with Gasteiger partial charge in [0.25, 0.3) is 0 Å². The van der Waals surface area contributed by atoms with Gasteiger partial charge in [-0.05, 0) is 44.5 Å². The van der Waals surface area contributed by atoms with Gasteiger partial charge in [0.1, 0.15) is 6.29 Å². The molecule has 0 spiro atoms. The van der Waals surface area contributed by atoms with Crippen LogP contribution in [0.15, 0.2) is 24.3 Å². The summed E-state index contributed by atoms with van der Waals surface area (Å²) in [7, 11) is 2.08. The molecule has 0 heterocycles. The fourth-order valence-corrected chi connectivity index (χ4v) is 1.36. The number of hydrogen-bond acceptors (Lipinski definition) is 2. The van der Waals surface area contributed by atoms with Crippen LogP contribution in [0.4, 0.5) is 5.69 Å². The number of nitrogens with zero attached hydrogens (tertiary/aromatic N) is 1. The molecule has 0 radical (unpaired) electrons. The predicted molar refractivity (Wildman–Crippen MR) is 64.6 cm³/mol. The first-order valence-electron chi connectivity index (χ1n) is 5.30. The lowest BCUT2D eigenvalue weighted by Crippen LogP contribution is -2.40. The minimum Gasteiger partial charge on any atom is -0.369 e. The first-order chi connectivity index (χ1) is 7.01. The third-order valence-electron chi connectivity index (χ3n) is 3.19. The van der Waals surface area contributed by atoms with Crippen LogP contribution >= 0.6 is 0 Å². The van der Waals surface area contributed by atoms with E-state index >= 15 is 0 Å². The molecule has 15 heavy (non-hydrogen) atoms. The number of carbonyl (C=O) groups excluding carboxylic acids is 1. The van der Waals surface area contributed by atoms with E-state index in [1.165, 1.54) is 0 Å². The molecular weight excluding hydrogens is 186 g/mol. The second-order valence-electron chi connectivity index (χ2n) is 4.43. The molecule has 0 aromatic heterocycles. The molecule has 0 bridgehead atoms. The van der Waals surface area contributed by atoms with Crippen LogP contribution in [-0.2, 0) is 0 Å². The maximum Gasteiger partial charge on any atom is 0.150 e. The predicted octanol–water partition coefficient (Wildman–Crippen LogP) is 3.12. The molecule has 0 atom stereocenters. The SMILES string of the molecule is CCC(C)(C)N(C)c1ccc(C=O)cc1. The van der Waals surface area contributed by atoms with Crippen molar-refractivity contribution in [1.29, 1.82) is 0 Å². The number of aldehydes is 1. The van der Waals surface area contributed by atoms with E-state index in [1.54, 1.807) is 0 Å². The maximum atomic E-state index is 10.5. The average molecular weight is 205 g/mol. The quantitative estimate of drug-likeness (QED) is 0.704. The minimum absolute atomic E-state index is 0.142. The Balaban J connectivity index is 2.91. The molecule has 0 fully saturated rings. The number of benzene rings is 1. The van der Waals surface area contributed by atoms with Crippen molar-refractivity contribution < 1.29 is 4.79 Å². The Labute approximate surface area is 91.9 Å². The van der Waals surface area contributed by atoms with Crippen molar-refractivity contribution in [2.75, 3.05) is 11.9 Å². The van der Waals surface area contributed by atoms with Gasteiger partial charge in [-0.15, -0.1) is 0 Å². The van der Waals surface area contributed by atoms with Crippen LogP contribution < -0.4 is 4.90 Å². The first kappa shape index (κ1) is 11.8. The summed E-state index contributed by atoms with van der Waals surface area (Å²) in [6, 6.07) is 7.68. The fourth-order valence-electron chi connectivity index (χ4n) is 1.36. The highest BCUT2D eigenvalue weighted by molar-refractivity contribution is 5.75. The molecule has 0 N–H and O–H groups in total.